The van der Waals surface area contributed by atoms with E-state index >= 15 is 0 Å². The highest BCUT2D eigenvalue weighted by Gasteiger charge is 2.70. The lowest BCUT2D eigenvalue weighted by molar-refractivity contribution is -0.251. The Balaban J connectivity index is 0.000000174. The molecule has 1 saturated carbocycles. The average Bonchev–Trinajstić information content (AvgIpc) is 2.61. The smallest absolute Gasteiger partial charge is 0.327 e. The van der Waals surface area contributed by atoms with Crippen LogP contribution in [0.25, 0.3) is 24.3 Å². The van der Waals surface area contributed by atoms with Crippen molar-refractivity contribution in [2.75, 3.05) is 0 Å². The molecule has 0 bridgehead atoms. The maximum Gasteiger partial charge on any atom is 0.327 e. The zero-order chi connectivity index (χ0) is 58.9. The highest BCUT2D eigenvalue weighted by molar-refractivity contribution is 6.31. The van der Waals surface area contributed by atoms with Crippen molar-refractivity contribution in [2.45, 2.75) is 71.0 Å². The molecule has 0 amide bonds. The Morgan fingerprint density at radius 3 is 0.843 bits per heavy atom. The van der Waals surface area contributed by atoms with E-state index in [1.807, 2.05) is 224 Å². The predicted molar refractivity (Wildman–Crippen MR) is 334 cm³/mol. The number of hydrogen-bond donors (Lipinski definition) is 0. The van der Waals surface area contributed by atoms with Crippen LogP contribution in [0, 0.1) is 16.2 Å². The minimum absolute atomic E-state index is 0.0447. The van der Waals surface area contributed by atoms with Crippen LogP contribution in [0.3, 0.4) is 0 Å². The van der Waals surface area contributed by atoms with Crippen LogP contribution in [0.4, 0.5) is 0 Å². The van der Waals surface area contributed by atoms with Gasteiger partial charge in [0.05, 0.1) is 10.8 Å². The number of carbonyl (C=O) groups is 4. The first kappa shape index (κ1) is 59.6. The van der Waals surface area contributed by atoms with Gasteiger partial charge in [0.15, 0.2) is 17.0 Å². The van der Waals surface area contributed by atoms with Gasteiger partial charge < -0.3 is 9.47 Å². The second-order valence-corrected chi connectivity index (χ2v) is 21.9. The van der Waals surface area contributed by atoms with Crippen LogP contribution in [-0.4, -0.2) is 35.2 Å². The monoisotopic (exact) mass is 1090 g/mol. The van der Waals surface area contributed by atoms with Crippen LogP contribution < -0.4 is 0 Å². The number of esters is 2. The second-order valence-electron chi connectivity index (χ2n) is 21.9. The van der Waals surface area contributed by atoms with E-state index in [1.165, 1.54) is 0 Å². The van der Waals surface area contributed by atoms with Gasteiger partial charge in [-0.1, -0.05) is 269 Å². The Bertz CT molecular complexity index is 3450. The third-order valence-electron chi connectivity index (χ3n) is 15.4. The summed E-state index contributed by atoms with van der Waals surface area (Å²) >= 11 is 0. The van der Waals surface area contributed by atoms with E-state index in [9.17, 15) is 24.0 Å². The molecule has 0 unspecified atom stereocenters. The number of ether oxygens (including phenoxy) is 2. The molecule has 2 fully saturated rings. The fourth-order valence-corrected chi connectivity index (χ4v) is 11.1. The average molecular weight is 1100 g/mol. The lowest BCUT2D eigenvalue weighted by Gasteiger charge is -2.53. The Hall–Kier alpha value is -9.55. The summed E-state index contributed by atoms with van der Waals surface area (Å²) < 4.78 is 10.9. The maximum atomic E-state index is 14.6. The van der Waals surface area contributed by atoms with E-state index in [2.05, 4.69) is 32.3 Å². The Morgan fingerprint density at radius 2 is 0.578 bits per heavy atom. The van der Waals surface area contributed by atoms with Crippen LogP contribution >= 0.6 is 0 Å². The van der Waals surface area contributed by atoms with Gasteiger partial charge in [-0.15, -0.1) is 0 Å². The van der Waals surface area contributed by atoms with Crippen molar-refractivity contribution in [1.82, 2.24) is 0 Å². The summed E-state index contributed by atoms with van der Waals surface area (Å²) in [5, 5.41) is 0. The summed E-state index contributed by atoms with van der Waals surface area (Å²) in [5.41, 5.74) is 9.26. The summed E-state index contributed by atoms with van der Waals surface area (Å²) in [5.74, 6) is -0.177. The molecule has 0 N–H and O–H groups in total. The molecule has 8 aromatic rings. The molecule has 0 radical (unpaired) electrons. The zero-order valence-electron chi connectivity index (χ0n) is 47.4. The number of cyclic esters (lactones) is 2. The second kappa shape index (κ2) is 27.3. The molecule has 8 aromatic carbocycles. The molecular formula is C76H70O7. The van der Waals surface area contributed by atoms with Crippen LogP contribution in [0.2, 0.25) is 0 Å². The first-order chi connectivity index (χ1) is 40.1. The van der Waals surface area contributed by atoms with Gasteiger partial charge >= 0.3 is 11.9 Å². The number of Topliss-reactive ketones (excluding diaryl/α,β-unsaturated/α-hetero) is 2. The highest BCUT2D eigenvalue weighted by atomic mass is 16.7. The number of carbonyl (C=O) groups excluding carboxylic acids is 5. The van der Waals surface area contributed by atoms with Gasteiger partial charge in [0.1, 0.15) is 5.94 Å². The van der Waals surface area contributed by atoms with Gasteiger partial charge in [-0.2, -0.15) is 0 Å². The third-order valence-corrected chi connectivity index (χ3v) is 15.4. The molecule has 1 aliphatic carbocycles. The third kappa shape index (κ3) is 14.7. The fourth-order valence-electron chi connectivity index (χ4n) is 11.1. The van der Waals surface area contributed by atoms with Gasteiger partial charge in [0.25, 0.3) is 5.79 Å². The largest absolute Gasteiger partial charge is 0.422 e. The van der Waals surface area contributed by atoms with Crippen LogP contribution in [0.1, 0.15) is 80.6 Å². The molecule has 2 aliphatic rings. The normalized spacial score (nSPS) is 17.2. The molecule has 416 valence electrons. The first-order valence-corrected chi connectivity index (χ1v) is 28.0. The van der Waals surface area contributed by atoms with Crippen LogP contribution in [0.15, 0.2) is 250 Å². The van der Waals surface area contributed by atoms with Gasteiger partial charge in [0.2, 0.25) is 0 Å². The molecule has 83 heavy (non-hydrogen) atoms. The van der Waals surface area contributed by atoms with Crippen LogP contribution in [0.5, 0.6) is 0 Å². The topological polar surface area (TPSA) is 104 Å². The molecule has 1 heterocycles. The molecule has 1 aliphatic heterocycles. The van der Waals surface area contributed by atoms with Gasteiger partial charge in [-0.3, -0.25) is 19.2 Å². The van der Waals surface area contributed by atoms with E-state index < -0.39 is 34.0 Å². The number of hydrogen-bond acceptors (Lipinski definition) is 7. The van der Waals surface area contributed by atoms with Crippen molar-refractivity contribution in [3.05, 3.63) is 317 Å². The minimum atomic E-state index is -1.40. The summed E-state index contributed by atoms with van der Waals surface area (Å²) in [6, 6.07) is 70.9. The Labute approximate surface area is 489 Å². The molecule has 0 aromatic heterocycles. The van der Waals surface area contributed by atoms with Crippen molar-refractivity contribution >= 4 is 53.8 Å². The quantitative estimate of drug-likeness (QED) is 0.0425. The maximum absolute atomic E-state index is 14.6. The van der Waals surface area contributed by atoms with E-state index in [-0.39, 0.29) is 24.4 Å². The Morgan fingerprint density at radius 1 is 0.349 bits per heavy atom. The van der Waals surface area contributed by atoms with E-state index in [4.69, 9.17) is 9.47 Å². The molecule has 10 rings (SSSR count). The van der Waals surface area contributed by atoms with Gasteiger partial charge in [-0.05, 0) is 105 Å². The summed E-state index contributed by atoms with van der Waals surface area (Å²) in [7, 11) is 0. The number of benzene rings is 8. The highest BCUT2D eigenvalue weighted by Crippen LogP contribution is 2.54. The fraction of sp³-hybridized carbons (Fsp3) is 0.184. The van der Waals surface area contributed by atoms with Gasteiger partial charge in [0, 0.05) is 32.3 Å². The molecule has 0 spiro atoms. The summed E-state index contributed by atoms with van der Waals surface area (Å²) in [6.45, 7) is 18.3. The summed E-state index contributed by atoms with van der Waals surface area (Å²) in [4.78, 5) is 66.2. The van der Waals surface area contributed by atoms with E-state index in [0.29, 0.717) is 38.5 Å². The molecule has 1 saturated heterocycles. The predicted octanol–water partition coefficient (Wildman–Crippen LogP) is 15.2. The molecular weight excluding hydrogens is 1020 g/mol. The van der Waals surface area contributed by atoms with Crippen LogP contribution in [-0.2, 0) is 84.8 Å². The molecule has 7 nitrogen and oxygen atoms in total. The Kier molecular flexibility index (Phi) is 19.6. The lowest BCUT2D eigenvalue weighted by atomic mass is 9.44. The van der Waals surface area contributed by atoms with E-state index in [1.54, 1.807) is 32.1 Å². The zero-order valence-corrected chi connectivity index (χ0v) is 47.4. The first-order valence-electron chi connectivity index (χ1n) is 28.0. The van der Waals surface area contributed by atoms with Crippen molar-refractivity contribution in [1.29, 1.82) is 0 Å². The molecule has 0 atom stereocenters. The van der Waals surface area contributed by atoms with E-state index in [0.717, 1.165) is 72.3 Å². The van der Waals surface area contributed by atoms with Crippen molar-refractivity contribution in [2.24, 2.45) is 16.2 Å². The standard InChI is InChI=1S/C36H32O2.C22H22O4.C18H16O/c1-3-27-15-19-31(20-16-27)25-35(23-29-11-7-5-8-12-29)33(37)36(34(35)38,24-30-13-9-6-10-14-30)26-32-21-17-28(4-2)18-22-32;1-4-16-10-12-18(13-11-16)15-22(14-17-8-6-5-7-9-17)19(23)25-21(2,3)26-20(22)24;1-2-15-8-10-17(11-9-15)13-18(14-19)12-16-6-4-3-5-7-16/h3-22H,1-2,23-26H2;4-13H,1,14-15H2,2-3H3;2-11H,1,12-13H2. The number of rotatable bonds is 20. The van der Waals surface area contributed by atoms with Crippen molar-refractivity contribution in [3.63, 3.8) is 0 Å². The number of ketones is 2. The minimum Gasteiger partial charge on any atom is -0.422 e. The molecule has 7 heteroatoms. The summed E-state index contributed by atoms with van der Waals surface area (Å²) in [6.07, 6.45) is 10.5. The van der Waals surface area contributed by atoms with Crippen molar-refractivity contribution in [3.8, 4) is 0 Å². The van der Waals surface area contributed by atoms with Crippen molar-refractivity contribution < 1.29 is 33.4 Å². The van der Waals surface area contributed by atoms with Gasteiger partial charge in [-0.25, -0.2) is 4.79 Å². The SMILES string of the molecule is C=Cc1ccc(CC(=C=O)Cc2ccccc2)cc1.C=Cc1ccc(CC2(Cc3ccccc3)C(=O)C(Cc3ccccc3)(Cc3ccc(C=C)cc3)C2=O)cc1.C=Cc1ccc(CC2(Cc3ccccc3)C(=O)OC(C)(C)OC2=O)cc1. The number of allylic oxidation sites excluding steroid dienone is 1. The lowest BCUT2D eigenvalue weighted by Crippen LogP contribution is -2.70.